The number of pyridine rings is 1. The van der Waals surface area contributed by atoms with Crippen LogP contribution in [0.25, 0.3) is 10.9 Å². The van der Waals surface area contributed by atoms with Crippen LogP contribution in [0, 0.1) is 0 Å². The first-order valence-electron chi connectivity index (χ1n) is 10.2. The van der Waals surface area contributed by atoms with Crippen molar-refractivity contribution in [2.24, 2.45) is 0 Å². The summed E-state index contributed by atoms with van der Waals surface area (Å²) in [6.45, 7) is 5.21. The summed E-state index contributed by atoms with van der Waals surface area (Å²) in [6.07, 6.45) is 3.25. The van der Waals surface area contributed by atoms with E-state index in [2.05, 4.69) is 60.8 Å². The molecule has 1 saturated heterocycles. The summed E-state index contributed by atoms with van der Waals surface area (Å²) in [5.74, 6) is 0. The second kappa shape index (κ2) is 9.18. The maximum atomic E-state index is 6.07. The van der Waals surface area contributed by atoms with Crippen molar-refractivity contribution in [2.75, 3.05) is 18.5 Å². The van der Waals surface area contributed by atoms with Gasteiger partial charge in [0.2, 0.25) is 0 Å². The standard InChI is InChI=1S/C24H28N2O2/c1-2-20-15-24(22-8-3-4-9-23(22)26-20)25-16-18-6-5-7-19(14-18)17-28-21-10-12-27-13-11-21/h3-9,14-15,21H,2,10-13,16-17H2,1H3,(H,25,26). The van der Waals surface area contributed by atoms with Crippen LogP contribution in [0.4, 0.5) is 5.69 Å². The molecule has 0 radical (unpaired) electrons. The smallest absolute Gasteiger partial charge is 0.0726 e. The molecule has 0 aliphatic carbocycles. The summed E-state index contributed by atoms with van der Waals surface area (Å²) in [5, 5.41) is 4.78. The van der Waals surface area contributed by atoms with Crippen molar-refractivity contribution in [2.45, 2.75) is 45.4 Å². The highest BCUT2D eigenvalue weighted by atomic mass is 16.5. The van der Waals surface area contributed by atoms with E-state index in [1.165, 1.54) is 16.5 Å². The number of nitrogens with one attached hydrogen (secondary N) is 1. The van der Waals surface area contributed by atoms with Crippen molar-refractivity contribution in [3.8, 4) is 0 Å². The number of anilines is 1. The number of hydrogen-bond donors (Lipinski definition) is 1. The van der Waals surface area contributed by atoms with Crippen LogP contribution in [0.15, 0.2) is 54.6 Å². The number of ether oxygens (including phenoxy) is 2. The highest BCUT2D eigenvalue weighted by molar-refractivity contribution is 5.91. The predicted octanol–water partition coefficient (Wildman–Crippen LogP) is 5.10. The molecule has 1 fully saturated rings. The van der Waals surface area contributed by atoms with Gasteiger partial charge in [0.1, 0.15) is 0 Å². The van der Waals surface area contributed by atoms with Crippen LogP contribution in [-0.4, -0.2) is 24.3 Å². The Balaban J connectivity index is 1.43. The largest absolute Gasteiger partial charge is 0.381 e. The minimum absolute atomic E-state index is 0.325. The Morgan fingerprint density at radius 2 is 1.86 bits per heavy atom. The van der Waals surface area contributed by atoms with Crippen LogP contribution in [0.1, 0.15) is 36.6 Å². The average molecular weight is 377 g/mol. The lowest BCUT2D eigenvalue weighted by Gasteiger charge is -2.22. The lowest BCUT2D eigenvalue weighted by molar-refractivity contribution is -0.0390. The van der Waals surface area contributed by atoms with E-state index in [4.69, 9.17) is 14.5 Å². The van der Waals surface area contributed by atoms with Gasteiger partial charge in [-0.2, -0.15) is 0 Å². The van der Waals surface area contributed by atoms with E-state index in [1.54, 1.807) is 0 Å². The monoisotopic (exact) mass is 376 g/mol. The third-order valence-electron chi connectivity index (χ3n) is 5.26. The molecule has 1 aromatic heterocycles. The summed E-state index contributed by atoms with van der Waals surface area (Å²) in [4.78, 5) is 4.73. The van der Waals surface area contributed by atoms with Crippen molar-refractivity contribution in [3.05, 3.63) is 71.4 Å². The second-order valence-electron chi connectivity index (χ2n) is 7.33. The fourth-order valence-corrected chi connectivity index (χ4v) is 3.64. The molecule has 0 spiro atoms. The first kappa shape index (κ1) is 18.9. The Hall–Kier alpha value is -2.43. The second-order valence-corrected chi connectivity index (χ2v) is 7.33. The summed E-state index contributed by atoms with van der Waals surface area (Å²) in [7, 11) is 0. The molecule has 0 unspecified atom stereocenters. The van der Waals surface area contributed by atoms with Crippen LogP contribution < -0.4 is 5.32 Å². The molecular formula is C24H28N2O2. The number of rotatable bonds is 7. The zero-order valence-corrected chi connectivity index (χ0v) is 16.5. The van der Waals surface area contributed by atoms with E-state index in [1.807, 2.05) is 6.07 Å². The van der Waals surface area contributed by atoms with Gasteiger partial charge >= 0.3 is 0 Å². The van der Waals surface area contributed by atoms with Crippen LogP contribution in [0.2, 0.25) is 0 Å². The van der Waals surface area contributed by atoms with Gasteiger partial charge in [0.15, 0.2) is 0 Å². The van der Waals surface area contributed by atoms with Gasteiger partial charge < -0.3 is 14.8 Å². The van der Waals surface area contributed by atoms with Crippen molar-refractivity contribution in [1.29, 1.82) is 0 Å². The van der Waals surface area contributed by atoms with E-state index in [9.17, 15) is 0 Å². The Labute approximate surface area is 166 Å². The van der Waals surface area contributed by atoms with Gasteiger partial charge in [0.25, 0.3) is 0 Å². The third kappa shape index (κ3) is 4.70. The molecule has 0 saturated carbocycles. The first-order chi connectivity index (χ1) is 13.8. The van der Waals surface area contributed by atoms with Gasteiger partial charge in [-0.1, -0.05) is 49.4 Å². The van der Waals surface area contributed by atoms with Crippen molar-refractivity contribution < 1.29 is 9.47 Å². The summed E-state index contributed by atoms with van der Waals surface area (Å²) in [5.41, 5.74) is 5.78. The number of nitrogens with zero attached hydrogens (tertiary/aromatic N) is 1. The molecule has 146 valence electrons. The van der Waals surface area contributed by atoms with Crippen LogP contribution in [0.3, 0.4) is 0 Å². The average Bonchev–Trinajstić information content (AvgIpc) is 2.77. The van der Waals surface area contributed by atoms with Gasteiger partial charge in [0.05, 0.1) is 18.2 Å². The molecule has 4 heteroatoms. The minimum Gasteiger partial charge on any atom is -0.381 e. The van der Waals surface area contributed by atoms with E-state index < -0.39 is 0 Å². The molecule has 1 aliphatic heterocycles. The van der Waals surface area contributed by atoms with E-state index >= 15 is 0 Å². The lowest BCUT2D eigenvalue weighted by Crippen LogP contribution is -2.23. The molecule has 4 rings (SSSR count). The maximum absolute atomic E-state index is 6.07. The third-order valence-corrected chi connectivity index (χ3v) is 5.26. The molecule has 0 amide bonds. The molecular weight excluding hydrogens is 348 g/mol. The normalized spacial score (nSPS) is 15.0. The molecule has 0 atom stereocenters. The van der Waals surface area contributed by atoms with E-state index in [0.717, 1.165) is 55.9 Å². The van der Waals surface area contributed by atoms with Gasteiger partial charge in [-0.25, -0.2) is 0 Å². The van der Waals surface area contributed by atoms with Crippen LogP contribution in [0.5, 0.6) is 0 Å². The van der Waals surface area contributed by atoms with Gasteiger partial charge in [-0.15, -0.1) is 0 Å². The quantitative estimate of drug-likeness (QED) is 0.623. The predicted molar refractivity (Wildman–Crippen MR) is 114 cm³/mol. The van der Waals surface area contributed by atoms with Gasteiger partial charge in [-0.05, 0) is 42.5 Å². The summed E-state index contributed by atoms with van der Waals surface area (Å²) >= 11 is 0. The Morgan fingerprint density at radius 1 is 1.04 bits per heavy atom. The van der Waals surface area contributed by atoms with Crippen molar-refractivity contribution in [3.63, 3.8) is 0 Å². The Bertz CT molecular complexity index is 919. The maximum Gasteiger partial charge on any atom is 0.0726 e. The molecule has 2 aromatic carbocycles. The highest BCUT2D eigenvalue weighted by Crippen LogP contribution is 2.24. The molecule has 4 nitrogen and oxygen atoms in total. The Morgan fingerprint density at radius 3 is 2.71 bits per heavy atom. The molecule has 1 aliphatic rings. The number of aromatic nitrogens is 1. The van der Waals surface area contributed by atoms with Crippen LogP contribution >= 0.6 is 0 Å². The SMILES string of the molecule is CCc1cc(NCc2cccc(COC3CCOCC3)c2)c2ccccc2n1. The van der Waals surface area contributed by atoms with Gasteiger partial charge in [0, 0.05) is 36.5 Å². The minimum atomic E-state index is 0.325. The zero-order chi connectivity index (χ0) is 19.2. The van der Waals surface area contributed by atoms with Crippen molar-refractivity contribution in [1.82, 2.24) is 4.98 Å². The lowest BCUT2D eigenvalue weighted by atomic mass is 10.1. The first-order valence-corrected chi connectivity index (χ1v) is 10.2. The number of fused-ring (bicyclic) bond motifs is 1. The molecule has 1 N–H and O–H groups in total. The molecule has 3 aromatic rings. The number of benzene rings is 2. The van der Waals surface area contributed by atoms with Crippen LogP contribution in [-0.2, 0) is 29.0 Å². The van der Waals surface area contributed by atoms with Crippen molar-refractivity contribution >= 4 is 16.6 Å². The Kier molecular flexibility index (Phi) is 6.20. The zero-order valence-electron chi connectivity index (χ0n) is 16.5. The fourth-order valence-electron chi connectivity index (χ4n) is 3.64. The topological polar surface area (TPSA) is 43.4 Å². The molecule has 28 heavy (non-hydrogen) atoms. The number of para-hydroxylation sites is 1. The molecule has 0 bridgehead atoms. The number of hydrogen-bond acceptors (Lipinski definition) is 4. The van der Waals surface area contributed by atoms with Gasteiger partial charge in [-0.3, -0.25) is 4.98 Å². The van der Waals surface area contributed by atoms with E-state index in [-0.39, 0.29) is 0 Å². The number of aryl methyl sites for hydroxylation is 1. The van der Waals surface area contributed by atoms with E-state index in [0.29, 0.717) is 12.7 Å². The summed E-state index contributed by atoms with van der Waals surface area (Å²) < 4.78 is 11.5. The summed E-state index contributed by atoms with van der Waals surface area (Å²) in [6, 6.07) is 19.1. The highest BCUT2D eigenvalue weighted by Gasteiger charge is 2.14. The fraction of sp³-hybridized carbons (Fsp3) is 0.375. The molecule has 2 heterocycles.